The summed E-state index contributed by atoms with van der Waals surface area (Å²) in [5, 5.41) is 15.0. The predicted molar refractivity (Wildman–Crippen MR) is 133 cm³/mol. The Balaban J connectivity index is 1.41. The number of fused-ring (bicyclic) bond motifs is 3. The molecule has 0 bridgehead atoms. The molecule has 0 aromatic heterocycles. The van der Waals surface area contributed by atoms with E-state index < -0.39 is 29.6 Å². The number of hydrogen-bond donors (Lipinski definition) is 3. The van der Waals surface area contributed by atoms with E-state index in [0.717, 1.165) is 22.3 Å². The molecule has 7 nitrogen and oxygen atoms in total. The van der Waals surface area contributed by atoms with Crippen molar-refractivity contribution in [1.29, 1.82) is 0 Å². The molecule has 0 saturated carbocycles. The van der Waals surface area contributed by atoms with Crippen molar-refractivity contribution in [2.45, 2.75) is 57.0 Å². The van der Waals surface area contributed by atoms with Gasteiger partial charge in [0.1, 0.15) is 12.1 Å². The first kappa shape index (κ1) is 24.5. The number of nitrogens with one attached hydrogen (secondary N) is 2. The van der Waals surface area contributed by atoms with Crippen LogP contribution in [0.25, 0.3) is 11.1 Å². The molecule has 35 heavy (non-hydrogen) atoms. The summed E-state index contributed by atoms with van der Waals surface area (Å²) >= 11 is 0. The van der Waals surface area contributed by atoms with Gasteiger partial charge in [-0.1, -0.05) is 74.0 Å². The van der Waals surface area contributed by atoms with E-state index in [0.29, 0.717) is 25.7 Å². The second-order valence-corrected chi connectivity index (χ2v) is 9.55. The average molecular weight is 477 g/mol. The lowest BCUT2D eigenvalue weighted by Gasteiger charge is -2.32. The first-order chi connectivity index (χ1) is 16.8. The Bertz CT molecular complexity index is 1100. The Morgan fingerprint density at radius 1 is 1.06 bits per heavy atom. The van der Waals surface area contributed by atoms with E-state index in [1.165, 1.54) is 0 Å². The van der Waals surface area contributed by atoms with Gasteiger partial charge in [-0.15, -0.1) is 0 Å². The van der Waals surface area contributed by atoms with E-state index >= 15 is 0 Å². The molecule has 7 heteroatoms. The fraction of sp³-hybridized carbons (Fsp3) is 0.393. The summed E-state index contributed by atoms with van der Waals surface area (Å²) in [5.41, 5.74) is 3.35. The fourth-order valence-corrected chi connectivity index (χ4v) is 5.12. The van der Waals surface area contributed by atoms with Gasteiger partial charge in [0.25, 0.3) is 0 Å². The monoisotopic (exact) mass is 476 g/mol. The van der Waals surface area contributed by atoms with E-state index in [1.807, 2.05) is 37.3 Å². The highest BCUT2D eigenvalue weighted by molar-refractivity contribution is 5.90. The molecule has 0 fully saturated rings. The molecule has 2 aromatic rings. The molecule has 0 heterocycles. The summed E-state index contributed by atoms with van der Waals surface area (Å²) < 4.78 is 5.65. The van der Waals surface area contributed by atoms with E-state index in [-0.39, 0.29) is 18.4 Å². The molecule has 2 aromatic carbocycles. The molecule has 0 aliphatic heterocycles. The van der Waals surface area contributed by atoms with E-state index in [1.54, 1.807) is 13.0 Å². The van der Waals surface area contributed by atoms with Crippen molar-refractivity contribution in [2.75, 3.05) is 6.61 Å². The van der Waals surface area contributed by atoms with Crippen LogP contribution in [0.2, 0.25) is 0 Å². The summed E-state index contributed by atoms with van der Waals surface area (Å²) in [7, 11) is 0. The molecule has 0 saturated heterocycles. The van der Waals surface area contributed by atoms with Crippen LogP contribution in [0, 0.1) is 5.92 Å². The van der Waals surface area contributed by atoms with E-state index in [4.69, 9.17) is 4.74 Å². The molecule has 184 valence electrons. The van der Waals surface area contributed by atoms with Gasteiger partial charge in [0.15, 0.2) is 0 Å². The highest BCUT2D eigenvalue weighted by Crippen LogP contribution is 2.44. The standard InChI is InChI=1S/C28H32N2O5/c1-3-15-28(2,26(33)29-19-10-8-9-18(16-19)25(31)32)30-27(34)35-17-24-22-13-6-4-11-20(22)21-12-5-7-14-23(21)24/h4-8,10-14,18-19,24H,3,9,15-17H2,1-2H3,(H,29,33)(H,30,34)(H,31,32)/t18-,19-,28?/m0/s1. The van der Waals surface area contributed by atoms with Gasteiger partial charge in [-0.3, -0.25) is 9.59 Å². The number of amides is 2. The van der Waals surface area contributed by atoms with Crippen LogP contribution in [-0.4, -0.2) is 41.3 Å². The summed E-state index contributed by atoms with van der Waals surface area (Å²) in [5.74, 6) is -1.83. The zero-order valence-corrected chi connectivity index (χ0v) is 20.1. The minimum Gasteiger partial charge on any atom is -0.481 e. The van der Waals surface area contributed by atoms with Gasteiger partial charge in [0.2, 0.25) is 5.91 Å². The van der Waals surface area contributed by atoms with Gasteiger partial charge in [-0.05, 0) is 48.4 Å². The predicted octanol–water partition coefficient (Wildman–Crippen LogP) is 4.62. The molecule has 2 aliphatic rings. The highest BCUT2D eigenvalue weighted by Gasteiger charge is 2.37. The summed E-state index contributed by atoms with van der Waals surface area (Å²) in [4.78, 5) is 37.4. The number of benzene rings is 2. The number of carboxylic acids is 1. The molecule has 3 N–H and O–H groups in total. The zero-order chi connectivity index (χ0) is 25.0. The molecule has 0 radical (unpaired) electrons. The average Bonchev–Trinajstić information content (AvgIpc) is 3.16. The molecule has 3 atom stereocenters. The van der Waals surface area contributed by atoms with Crippen molar-refractivity contribution in [2.24, 2.45) is 5.92 Å². The Hall–Kier alpha value is -3.61. The minimum atomic E-state index is -1.18. The van der Waals surface area contributed by atoms with Gasteiger partial charge >= 0.3 is 12.1 Å². The summed E-state index contributed by atoms with van der Waals surface area (Å²) in [6.45, 7) is 3.77. The number of hydrogen-bond acceptors (Lipinski definition) is 4. The van der Waals surface area contributed by atoms with Gasteiger partial charge in [0.05, 0.1) is 5.92 Å². The van der Waals surface area contributed by atoms with E-state index in [2.05, 4.69) is 34.9 Å². The highest BCUT2D eigenvalue weighted by atomic mass is 16.5. The molecule has 4 rings (SSSR count). The number of alkyl carbamates (subject to hydrolysis) is 1. The normalized spacial score (nSPS) is 20.3. The second-order valence-electron chi connectivity index (χ2n) is 9.55. The lowest BCUT2D eigenvalue weighted by atomic mass is 9.89. The van der Waals surface area contributed by atoms with Crippen molar-refractivity contribution < 1.29 is 24.2 Å². The van der Waals surface area contributed by atoms with Crippen molar-refractivity contribution in [3.05, 3.63) is 71.8 Å². The number of carbonyl (C=O) groups excluding carboxylic acids is 2. The lowest BCUT2D eigenvalue weighted by Crippen LogP contribution is -2.58. The van der Waals surface area contributed by atoms with Gasteiger partial charge in [0, 0.05) is 12.0 Å². The maximum atomic E-state index is 13.2. The second kappa shape index (κ2) is 10.3. The SMILES string of the molecule is CCCC(C)(NC(=O)OCC1c2ccccc2-c2ccccc21)C(=O)N[C@H]1C=CC[C@H](C(=O)O)C1. The van der Waals surface area contributed by atoms with Crippen molar-refractivity contribution in [3.8, 4) is 11.1 Å². The number of allylic oxidation sites excluding steroid dienone is 1. The quantitative estimate of drug-likeness (QED) is 0.482. The first-order valence-electron chi connectivity index (χ1n) is 12.2. The maximum absolute atomic E-state index is 13.2. The first-order valence-corrected chi connectivity index (χ1v) is 12.2. The van der Waals surface area contributed by atoms with Gasteiger partial charge < -0.3 is 20.5 Å². The third-order valence-corrected chi connectivity index (χ3v) is 6.97. The Kier molecular flexibility index (Phi) is 7.24. The molecule has 2 amide bonds. The van der Waals surface area contributed by atoms with Crippen LogP contribution in [0.15, 0.2) is 60.7 Å². The fourth-order valence-electron chi connectivity index (χ4n) is 5.12. The molecule has 1 unspecified atom stereocenters. The van der Waals surface area contributed by atoms with Crippen molar-refractivity contribution in [1.82, 2.24) is 10.6 Å². The largest absolute Gasteiger partial charge is 0.481 e. The van der Waals surface area contributed by atoms with Crippen LogP contribution in [0.4, 0.5) is 4.79 Å². The van der Waals surface area contributed by atoms with Crippen LogP contribution in [0.3, 0.4) is 0 Å². The number of rotatable bonds is 8. The van der Waals surface area contributed by atoms with Gasteiger partial charge in [-0.2, -0.15) is 0 Å². The Morgan fingerprint density at radius 2 is 1.69 bits per heavy atom. The van der Waals surface area contributed by atoms with Crippen LogP contribution >= 0.6 is 0 Å². The smallest absolute Gasteiger partial charge is 0.408 e. The molecule has 2 aliphatic carbocycles. The van der Waals surface area contributed by atoms with Crippen LogP contribution < -0.4 is 10.6 Å². The number of ether oxygens (including phenoxy) is 1. The Labute approximate surface area is 205 Å². The van der Waals surface area contributed by atoms with Crippen molar-refractivity contribution >= 4 is 18.0 Å². The summed E-state index contributed by atoms with van der Waals surface area (Å²) in [6, 6.07) is 15.8. The third kappa shape index (κ3) is 5.24. The lowest BCUT2D eigenvalue weighted by molar-refractivity contribution is -0.142. The zero-order valence-electron chi connectivity index (χ0n) is 20.1. The molecule has 0 spiro atoms. The number of aliphatic carboxylic acids is 1. The summed E-state index contributed by atoms with van der Waals surface area (Å²) in [6.07, 6.45) is 4.81. The topological polar surface area (TPSA) is 105 Å². The Morgan fingerprint density at radius 3 is 2.29 bits per heavy atom. The minimum absolute atomic E-state index is 0.0697. The third-order valence-electron chi connectivity index (χ3n) is 6.97. The van der Waals surface area contributed by atoms with Crippen LogP contribution in [0.1, 0.15) is 56.6 Å². The van der Waals surface area contributed by atoms with Crippen LogP contribution in [0.5, 0.6) is 0 Å². The molecular weight excluding hydrogens is 444 g/mol. The number of carbonyl (C=O) groups is 3. The van der Waals surface area contributed by atoms with Gasteiger partial charge in [-0.25, -0.2) is 4.79 Å². The van der Waals surface area contributed by atoms with Crippen molar-refractivity contribution in [3.63, 3.8) is 0 Å². The number of carboxylic acid groups (broad SMARTS) is 1. The maximum Gasteiger partial charge on any atom is 0.408 e. The van der Waals surface area contributed by atoms with E-state index in [9.17, 15) is 19.5 Å². The molecular formula is C28H32N2O5. The van der Waals surface area contributed by atoms with Crippen LogP contribution in [-0.2, 0) is 14.3 Å².